The van der Waals surface area contributed by atoms with Gasteiger partial charge in [-0.05, 0) is 12.8 Å². The smallest absolute Gasteiger partial charge is 0.0984 e. The van der Waals surface area contributed by atoms with Gasteiger partial charge < -0.3 is 0 Å². The van der Waals surface area contributed by atoms with Crippen molar-refractivity contribution in [2.45, 2.75) is 31.7 Å². The molecule has 1 saturated carbocycles. The van der Waals surface area contributed by atoms with Gasteiger partial charge in [-0.3, -0.25) is 15.6 Å². The van der Waals surface area contributed by atoms with E-state index in [0.29, 0.717) is 6.04 Å². The summed E-state index contributed by atoms with van der Waals surface area (Å²) in [4.78, 5) is 0. The maximum Gasteiger partial charge on any atom is 0.0984 e. The molecule has 0 bridgehead atoms. The van der Waals surface area contributed by atoms with E-state index in [-0.39, 0.29) is 0 Å². The van der Waals surface area contributed by atoms with E-state index in [1.165, 1.54) is 17.9 Å². The van der Waals surface area contributed by atoms with Gasteiger partial charge in [0.1, 0.15) is 0 Å². The largest absolute Gasteiger partial charge is 0.297 e. The van der Waals surface area contributed by atoms with Gasteiger partial charge in [0, 0.05) is 6.04 Å². The van der Waals surface area contributed by atoms with Crippen LogP contribution in [0.3, 0.4) is 0 Å². The van der Waals surface area contributed by atoms with E-state index in [1.807, 2.05) is 5.59 Å². The van der Waals surface area contributed by atoms with Gasteiger partial charge >= 0.3 is 0 Å². The van der Waals surface area contributed by atoms with Gasteiger partial charge in [0.05, 0.1) is 6.34 Å². The van der Waals surface area contributed by atoms with Crippen LogP contribution in [0.5, 0.6) is 0 Å². The fourth-order valence-corrected chi connectivity index (χ4v) is 1.40. The van der Waals surface area contributed by atoms with Crippen LogP contribution in [0.25, 0.3) is 0 Å². The van der Waals surface area contributed by atoms with Gasteiger partial charge in [-0.15, -0.1) is 5.59 Å². The van der Waals surface area contributed by atoms with E-state index in [1.54, 1.807) is 0 Å². The van der Waals surface area contributed by atoms with E-state index >= 15 is 0 Å². The average molecular weight is 143 g/mol. The maximum absolute atomic E-state index is 8.51. The molecule has 0 aliphatic heterocycles. The summed E-state index contributed by atoms with van der Waals surface area (Å²) in [7, 11) is 0. The maximum atomic E-state index is 8.51. The number of nitrogens with one attached hydrogen (secondary N) is 2. The Hall–Kier alpha value is -0.610. The second-order valence-corrected chi connectivity index (χ2v) is 2.57. The Bertz CT molecular complexity index is 112. The summed E-state index contributed by atoms with van der Waals surface area (Å²) >= 11 is 0. The molecule has 0 aromatic heterocycles. The lowest BCUT2D eigenvalue weighted by Crippen LogP contribution is -2.41. The fraction of sp³-hybridized carbons (Fsp3) is 0.833. The first kappa shape index (κ1) is 7.50. The first-order chi connectivity index (χ1) is 4.88. The predicted molar refractivity (Wildman–Crippen MR) is 37.8 cm³/mol. The minimum absolute atomic E-state index is 0.322. The van der Waals surface area contributed by atoms with Crippen molar-refractivity contribution in [1.29, 1.82) is 5.41 Å². The summed E-state index contributed by atoms with van der Waals surface area (Å²) in [6.45, 7) is 0. The Morgan fingerprint density at radius 2 is 2.10 bits per heavy atom. The molecule has 3 N–H and O–H groups in total. The lowest BCUT2D eigenvalue weighted by atomic mass is 10.2. The molecule has 0 radical (unpaired) electrons. The second-order valence-electron chi connectivity index (χ2n) is 2.57. The van der Waals surface area contributed by atoms with E-state index in [2.05, 4.69) is 0 Å². The Labute approximate surface area is 60.3 Å². The topological polar surface area (TPSA) is 59.4 Å². The van der Waals surface area contributed by atoms with Crippen LogP contribution in [0.4, 0.5) is 0 Å². The predicted octanol–water partition coefficient (Wildman–Crippen LogP) is 0.732. The number of rotatable bonds is 3. The lowest BCUT2D eigenvalue weighted by Gasteiger charge is -2.22. The van der Waals surface area contributed by atoms with E-state index in [9.17, 15) is 0 Å². The number of nitrogens with zero attached hydrogens (tertiary/aromatic N) is 1. The molecule has 4 nitrogen and oxygen atoms in total. The number of hydrogen-bond donors (Lipinski definition) is 3. The Balaban J connectivity index is 2.36. The highest BCUT2D eigenvalue weighted by atomic mass is 16.5. The van der Waals surface area contributed by atoms with Crippen molar-refractivity contribution in [3.05, 3.63) is 0 Å². The molecule has 0 heterocycles. The molecule has 4 heteroatoms. The monoisotopic (exact) mass is 143 g/mol. The molecule has 10 heavy (non-hydrogen) atoms. The van der Waals surface area contributed by atoms with Crippen molar-refractivity contribution in [3.63, 3.8) is 0 Å². The van der Waals surface area contributed by atoms with Crippen LogP contribution in [0, 0.1) is 5.41 Å². The molecule has 0 unspecified atom stereocenters. The third kappa shape index (κ3) is 1.46. The van der Waals surface area contributed by atoms with Crippen LogP contribution in [0.2, 0.25) is 0 Å². The van der Waals surface area contributed by atoms with Crippen molar-refractivity contribution in [3.8, 4) is 0 Å². The van der Waals surface area contributed by atoms with Crippen molar-refractivity contribution in [2.75, 3.05) is 0 Å². The van der Waals surface area contributed by atoms with Crippen molar-refractivity contribution >= 4 is 6.34 Å². The summed E-state index contributed by atoms with van der Waals surface area (Å²) < 4.78 is 0. The molecular weight excluding hydrogens is 130 g/mol. The van der Waals surface area contributed by atoms with Gasteiger partial charge in [0.15, 0.2) is 0 Å². The Kier molecular flexibility index (Phi) is 2.65. The quantitative estimate of drug-likeness (QED) is 0.310. The molecule has 0 aromatic carbocycles. The number of hydrogen-bond acceptors (Lipinski definition) is 3. The van der Waals surface area contributed by atoms with Crippen molar-refractivity contribution < 1.29 is 5.21 Å². The van der Waals surface area contributed by atoms with Crippen LogP contribution in [0.15, 0.2) is 0 Å². The van der Waals surface area contributed by atoms with Gasteiger partial charge in [-0.2, -0.15) is 0 Å². The Morgan fingerprint density at radius 1 is 1.50 bits per heavy atom. The molecule has 0 spiro atoms. The Morgan fingerprint density at radius 3 is 2.50 bits per heavy atom. The zero-order valence-electron chi connectivity index (χ0n) is 5.88. The molecule has 1 fully saturated rings. The highest BCUT2D eigenvalue weighted by Crippen LogP contribution is 2.20. The second kappa shape index (κ2) is 3.53. The molecule has 1 rings (SSSR count). The minimum atomic E-state index is 0.322. The molecule has 1 aliphatic rings. The van der Waals surface area contributed by atoms with Gasteiger partial charge in [-0.1, -0.05) is 12.8 Å². The summed E-state index contributed by atoms with van der Waals surface area (Å²) in [5, 5.41) is 16.9. The summed E-state index contributed by atoms with van der Waals surface area (Å²) in [6.07, 6.45) is 5.68. The molecule has 58 valence electrons. The van der Waals surface area contributed by atoms with E-state index in [4.69, 9.17) is 10.6 Å². The van der Waals surface area contributed by atoms with E-state index in [0.717, 1.165) is 19.2 Å². The first-order valence-corrected chi connectivity index (χ1v) is 3.57. The standard InChI is InChI=1S/C6H13N3O/c7-5-9(8-10)6-3-1-2-4-6/h5-8,10H,1-4H2. The lowest BCUT2D eigenvalue weighted by molar-refractivity contribution is 0.00973. The van der Waals surface area contributed by atoms with Crippen molar-refractivity contribution in [1.82, 2.24) is 10.6 Å². The highest BCUT2D eigenvalue weighted by molar-refractivity contribution is 5.50. The average Bonchev–Trinajstić information content (AvgIpc) is 2.43. The molecule has 0 aromatic rings. The molecular formula is C6H13N3O. The molecule has 0 atom stereocenters. The fourth-order valence-electron chi connectivity index (χ4n) is 1.40. The first-order valence-electron chi connectivity index (χ1n) is 3.57. The van der Waals surface area contributed by atoms with Crippen LogP contribution in [0.1, 0.15) is 25.7 Å². The summed E-state index contributed by atoms with van der Waals surface area (Å²) in [5.74, 6) is 0. The normalized spacial score (nSPS) is 19.3. The van der Waals surface area contributed by atoms with Gasteiger partial charge in [0.25, 0.3) is 0 Å². The van der Waals surface area contributed by atoms with E-state index < -0.39 is 0 Å². The van der Waals surface area contributed by atoms with Crippen LogP contribution >= 0.6 is 0 Å². The zero-order valence-corrected chi connectivity index (χ0v) is 5.88. The van der Waals surface area contributed by atoms with Gasteiger partial charge in [0.2, 0.25) is 0 Å². The van der Waals surface area contributed by atoms with Crippen LogP contribution < -0.4 is 5.59 Å². The summed E-state index contributed by atoms with van der Waals surface area (Å²) in [6, 6.07) is 0.322. The van der Waals surface area contributed by atoms with Crippen LogP contribution in [-0.4, -0.2) is 22.6 Å². The SMILES string of the molecule is N=CN(NO)C1CCCC1. The molecule has 0 amide bonds. The highest BCUT2D eigenvalue weighted by Gasteiger charge is 2.19. The third-order valence-corrected chi connectivity index (χ3v) is 1.97. The molecule has 0 saturated heterocycles. The zero-order chi connectivity index (χ0) is 7.40. The van der Waals surface area contributed by atoms with Crippen LogP contribution in [-0.2, 0) is 0 Å². The molecule has 1 aliphatic carbocycles. The van der Waals surface area contributed by atoms with Gasteiger partial charge in [-0.25, -0.2) is 0 Å². The third-order valence-electron chi connectivity index (χ3n) is 1.97. The number of hydrazine groups is 1. The van der Waals surface area contributed by atoms with Crippen molar-refractivity contribution in [2.24, 2.45) is 0 Å². The summed E-state index contributed by atoms with van der Waals surface area (Å²) in [5.41, 5.74) is 1.98. The minimum Gasteiger partial charge on any atom is -0.297 e.